The minimum Gasteiger partial charge on any atom is -0.356 e. The number of carbonyl (C=O) groups is 2. The van der Waals surface area contributed by atoms with Gasteiger partial charge in [0.05, 0.1) is 16.3 Å². The number of carbonyl (C=O) groups excluding carboxylic acids is 2. The van der Waals surface area contributed by atoms with Gasteiger partial charge in [-0.15, -0.1) is 11.3 Å². The zero-order chi connectivity index (χ0) is 17.6. The number of nitrogens with one attached hydrogen (secondary N) is 1. The fourth-order valence-corrected chi connectivity index (χ4v) is 4.62. The summed E-state index contributed by atoms with van der Waals surface area (Å²) in [6, 6.07) is 1.89. The maximum Gasteiger partial charge on any atom is 0.254 e. The third kappa shape index (κ3) is 4.67. The molecular weight excluding hydrogens is 354 g/mol. The van der Waals surface area contributed by atoms with E-state index < -0.39 is 0 Å². The van der Waals surface area contributed by atoms with Crippen LogP contribution in [-0.2, 0) is 11.2 Å². The van der Waals surface area contributed by atoms with E-state index in [1.54, 1.807) is 22.7 Å². The molecule has 1 fully saturated rings. The summed E-state index contributed by atoms with van der Waals surface area (Å²) in [6.07, 6.45) is 3.36. The van der Waals surface area contributed by atoms with Gasteiger partial charge in [0, 0.05) is 49.2 Å². The monoisotopic (exact) mass is 377 g/mol. The second-order valence-electron chi connectivity index (χ2n) is 6.23. The maximum absolute atomic E-state index is 12.6. The molecule has 5 nitrogen and oxygen atoms in total. The Hall–Kier alpha value is -1.73. The minimum absolute atomic E-state index is 0.0744. The highest BCUT2D eigenvalue weighted by atomic mass is 32.1. The van der Waals surface area contributed by atoms with Crippen molar-refractivity contribution in [2.75, 3.05) is 19.6 Å². The average Bonchev–Trinajstić information content (AvgIpc) is 3.33. The number of nitrogens with zero attached hydrogens (tertiary/aromatic N) is 2. The molecule has 3 rings (SSSR count). The first kappa shape index (κ1) is 18.1. The number of hydrogen-bond acceptors (Lipinski definition) is 5. The van der Waals surface area contributed by atoms with Gasteiger partial charge in [0.2, 0.25) is 5.91 Å². The molecular formula is C18H23N3O2S2. The summed E-state index contributed by atoms with van der Waals surface area (Å²) >= 11 is 3.23. The lowest BCUT2D eigenvalue weighted by Crippen LogP contribution is -2.38. The van der Waals surface area contributed by atoms with E-state index in [-0.39, 0.29) is 11.8 Å². The standard InChI is InChI=1S/C18H23N3O2S2/c1-2-16(22)19-7-5-15-12-25-17(20-15)13-4-3-8-21(10-13)18(23)14-6-9-24-11-14/h6,9,11-13H,2-5,7-8,10H2,1H3,(H,19,22). The molecule has 1 atom stereocenters. The Balaban J connectivity index is 1.56. The number of aromatic nitrogens is 1. The Morgan fingerprint density at radius 3 is 3.04 bits per heavy atom. The van der Waals surface area contributed by atoms with E-state index in [1.807, 2.05) is 28.7 Å². The van der Waals surface area contributed by atoms with Crippen molar-refractivity contribution in [3.63, 3.8) is 0 Å². The van der Waals surface area contributed by atoms with Crippen molar-refractivity contribution in [3.8, 4) is 0 Å². The Bertz CT molecular complexity index is 712. The van der Waals surface area contributed by atoms with Gasteiger partial charge < -0.3 is 10.2 Å². The van der Waals surface area contributed by atoms with Gasteiger partial charge in [-0.25, -0.2) is 4.98 Å². The molecule has 1 aliphatic rings. The molecule has 3 heterocycles. The van der Waals surface area contributed by atoms with Crippen LogP contribution in [0.25, 0.3) is 0 Å². The molecule has 2 aromatic heterocycles. The highest BCUT2D eigenvalue weighted by Crippen LogP contribution is 2.30. The molecule has 0 aliphatic carbocycles. The lowest BCUT2D eigenvalue weighted by Gasteiger charge is -2.31. The summed E-state index contributed by atoms with van der Waals surface area (Å²) in [5, 5.41) is 9.93. The van der Waals surface area contributed by atoms with Crippen molar-refractivity contribution < 1.29 is 9.59 Å². The first-order chi connectivity index (χ1) is 12.2. The lowest BCUT2D eigenvalue weighted by molar-refractivity contribution is -0.120. The Morgan fingerprint density at radius 2 is 2.28 bits per heavy atom. The summed E-state index contributed by atoms with van der Waals surface area (Å²) in [6.45, 7) is 4.05. The van der Waals surface area contributed by atoms with Crippen molar-refractivity contribution in [3.05, 3.63) is 38.5 Å². The van der Waals surface area contributed by atoms with Crippen LogP contribution in [0.15, 0.2) is 22.2 Å². The van der Waals surface area contributed by atoms with Crippen LogP contribution in [0.2, 0.25) is 0 Å². The van der Waals surface area contributed by atoms with Gasteiger partial charge in [-0.1, -0.05) is 6.92 Å². The van der Waals surface area contributed by atoms with Crippen LogP contribution in [0.1, 0.15) is 53.2 Å². The van der Waals surface area contributed by atoms with E-state index in [2.05, 4.69) is 10.7 Å². The van der Waals surface area contributed by atoms with Crippen molar-refractivity contribution >= 4 is 34.5 Å². The molecule has 1 saturated heterocycles. The van der Waals surface area contributed by atoms with Gasteiger partial charge in [0.25, 0.3) is 5.91 Å². The summed E-state index contributed by atoms with van der Waals surface area (Å²) in [4.78, 5) is 30.5. The molecule has 25 heavy (non-hydrogen) atoms. The van der Waals surface area contributed by atoms with Crippen molar-refractivity contribution in [1.29, 1.82) is 0 Å². The number of thiophene rings is 1. The van der Waals surface area contributed by atoms with E-state index in [4.69, 9.17) is 4.98 Å². The first-order valence-electron chi connectivity index (χ1n) is 8.70. The van der Waals surface area contributed by atoms with E-state index >= 15 is 0 Å². The minimum atomic E-state index is 0.0744. The van der Waals surface area contributed by atoms with Crippen LogP contribution in [0.5, 0.6) is 0 Å². The van der Waals surface area contributed by atoms with Crippen LogP contribution in [-0.4, -0.2) is 41.3 Å². The third-order valence-electron chi connectivity index (χ3n) is 4.42. The Labute approximate surface area is 156 Å². The van der Waals surface area contributed by atoms with Gasteiger partial charge in [-0.2, -0.15) is 11.3 Å². The molecule has 0 saturated carbocycles. The summed E-state index contributed by atoms with van der Waals surface area (Å²) in [5.41, 5.74) is 1.81. The van der Waals surface area contributed by atoms with E-state index in [1.165, 1.54) is 0 Å². The normalized spacial score (nSPS) is 17.5. The quantitative estimate of drug-likeness (QED) is 0.840. The number of thiazole rings is 1. The molecule has 0 spiro atoms. The first-order valence-corrected chi connectivity index (χ1v) is 10.5. The van der Waals surface area contributed by atoms with E-state index in [0.717, 1.165) is 48.6 Å². The van der Waals surface area contributed by atoms with Crippen molar-refractivity contribution in [2.24, 2.45) is 0 Å². The van der Waals surface area contributed by atoms with Crippen molar-refractivity contribution in [1.82, 2.24) is 15.2 Å². The Morgan fingerprint density at radius 1 is 1.40 bits per heavy atom. The molecule has 0 aromatic carbocycles. The molecule has 0 bridgehead atoms. The molecule has 134 valence electrons. The highest BCUT2D eigenvalue weighted by molar-refractivity contribution is 7.09. The number of piperidine rings is 1. The van der Waals surface area contributed by atoms with Gasteiger partial charge in [-0.05, 0) is 24.3 Å². The molecule has 2 aromatic rings. The van der Waals surface area contributed by atoms with Gasteiger partial charge >= 0.3 is 0 Å². The zero-order valence-corrected chi connectivity index (χ0v) is 16.0. The van der Waals surface area contributed by atoms with Crippen LogP contribution >= 0.6 is 22.7 Å². The van der Waals surface area contributed by atoms with Crippen LogP contribution in [0.4, 0.5) is 0 Å². The number of rotatable bonds is 6. The second-order valence-corrected chi connectivity index (χ2v) is 7.90. The fourth-order valence-electron chi connectivity index (χ4n) is 3.01. The van der Waals surface area contributed by atoms with Gasteiger partial charge in [0.15, 0.2) is 0 Å². The summed E-state index contributed by atoms with van der Waals surface area (Å²) < 4.78 is 0. The second kappa shape index (κ2) is 8.58. The van der Waals surface area contributed by atoms with Crippen LogP contribution < -0.4 is 5.32 Å². The molecule has 1 aliphatic heterocycles. The van der Waals surface area contributed by atoms with E-state index in [9.17, 15) is 9.59 Å². The maximum atomic E-state index is 12.6. The lowest BCUT2D eigenvalue weighted by atomic mass is 9.98. The SMILES string of the molecule is CCC(=O)NCCc1csc(C2CCCN(C(=O)c3ccsc3)C2)n1. The van der Waals surface area contributed by atoms with Gasteiger partial charge in [-0.3, -0.25) is 9.59 Å². The average molecular weight is 378 g/mol. The topological polar surface area (TPSA) is 62.3 Å². The molecule has 7 heteroatoms. The smallest absolute Gasteiger partial charge is 0.254 e. The number of hydrogen-bond donors (Lipinski definition) is 1. The fraction of sp³-hybridized carbons (Fsp3) is 0.500. The van der Waals surface area contributed by atoms with Crippen LogP contribution in [0.3, 0.4) is 0 Å². The highest BCUT2D eigenvalue weighted by Gasteiger charge is 2.27. The van der Waals surface area contributed by atoms with Crippen LogP contribution in [0, 0.1) is 0 Å². The zero-order valence-electron chi connectivity index (χ0n) is 14.4. The van der Waals surface area contributed by atoms with Gasteiger partial charge in [0.1, 0.15) is 0 Å². The molecule has 0 radical (unpaired) electrons. The molecule has 1 unspecified atom stereocenters. The summed E-state index contributed by atoms with van der Waals surface area (Å²) in [5.74, 6) is 0.524. The predicted molar refractivity (Wildman–Crippen MR) is 101 cm³/mol. The van der Waals surface area contributed by atoms with E-state index in [0.29, 0.717) is 18.9 Å². The number of amides is 2. The number of likely N-dealkylation sites (tertiary alicyclic amines) is 1. The Kier molecular flexibility index (Phi) is 6.20. The van der Waals surface area contributed by atoms with Crippen molar-refractivity contribution in [2.45, 2.75) is 38.5 Å². The molecule has 2 amide bonds. The summed E-state index contributed by atoms with van der Waals surface area (Å²) in [7, 11) is 0. The molecule has 1 N–H and O–H groups in total. The predicted octanol–water partition coefficient (Wildman–Crippen LogP) is 3.29. The third-order valence-corrected chi connectivity index (χ3v) is 6.16. The largest absolute Gasteiger partial charge is 0.356 e.